The number of carboxylic acids is 1. The first-order valence-electron chi connectivity index (χ1n) is 3.11. The SMILES string of the molecule is O=C(O)CC(=O)CCC(F)(F)Cl. The molecule has 0 saturated carbocycles. The Morgan fingerprint density at radius 3 is 2.25 bits per heavy atom. The molecule has 0 aliphatic rings. The van der Waals surface area contributed by atoms with Crippen LogP contribution in [0.2, 0.25) is 0 Å². The number of aliphatic carboxylic acids is 1. The van der Waals surface area contributed by atoms with E-state index in [1.54, 1.807) is 0 Å². The maximum absolute atomic E-state index is 11.9. The van der Waals surface area contributed by atoms with Crippen molar-refractivity contribution in [1.82, 2.24) is 0 Å². The van der Waals surface area contributed by atoms with Gasteiger partial charge in [0.15, 0.2) is 0 Å². The Morgan fingerprint density at radius 2 is 1.92 bits per heavy atom. The number of carbonyl (C=O) groups is 2. The minimum absolute atomic E-state index is 0.511. The molecular formula is C6H7ClF2O3. The van der Waals surface area contributed by atoms with Crippen LogP contribution in [0.4, 0.5) is 8.78 Å². The highest BCUT2D eigenvalue weighted by atomic mass is 35.5. The van der Waals surface area contributed by atoms with Gasteiger partial charge in [0.1, 0.15) is 12.2 Å². The van der Waals surface area contributed by atoms with E-state index in [4.69, 9.17) is 5.11 Å². The lowest BCUT2D eigenvalue weighted by Crippen LogP contribution is -2.12. The van der Waals surface area contributed by atoms with E-state index in [0.717, 1.165) is 0 Å². The molecule has 0 bridgehead atoms. The fourth-order valence-corrected chi connectivity index (χ4v) is 0.633. The largest absolute Gasteiger partial charge is 0.481 e. The lowest BCUT2D eigenvalue weighted by molar-refractivity contribution is -0.140. The number of Topliss-reactive ketones (excluding diaryl/α,β-unsaturated/α-hetero) is 1. The Bertz CT molecular complexity index is 188. The molecule has 0 aromatic rings. The third-order valence-corrected chi connectivity index (χ3v) is 1.22. The maximum Gasteiger partial charge on any atom is 0.322 e. The average molecular weight is 201 g/mol. The first-order chi connectivity index (χ1) is 5.31. The van der Waals surface area contributed by atoms with Crippen molar-refractivity contribution in [2.24, 2.45) is 0 Å². The van der Waals surface area contributed by atoms with Crippen LogP contribution in [0, 0.1) is 0 Å². The van der Waals surface area contributed by atoms with Gasteiger partial charge < -0.3 is 5.11 Å². The number of hydrogen-bond donors (Lipinski definition) is 1. The minimum Gasteiger partial charge on any atom is -0.481 e. The number of carboxylic acid groups (broad SMARTS) is 1. The van der Waals surface area contributed by atoms with Crippen LogP contribution in [-0.2, 0) is 9.59 Å². The molecule has 0 fully saturated rings. The number of carbonyl (C=O) groups excluding carboxylic acids is 1. The second-order valence-electron chi connectivity index (χ2n) is 2.22. The Balaban J connectivity index is 3.65. The Labute approximate surface area is 72.3 Å². The predicted octanol–water partition coefficient (Wildman–Crippen LogP) is 1.64. The zero-order valence-corrected chi connectivity index (χ0v) is 6.77. The minimum atomic E-state index is -3.42. The standard InChI is InChI=1S/C6H7ClF2O3/c7-6(8,9)2-1-4(10)3-5(11)12/h1-3H2,(H,11,12). The summed E-state index contributed by atoms with van der Waals surface area (Å²) >= 11 is 4.48. The highest BCUT2D eigenvalue weighted by Crippen LogP contribution is 2.24. The van der Waals surface area contributed by atoms with E-state index in [1.165, 1.54) is 0 Å². The number of alkyl halides is 3. The summed E-state index contributed by atoms with van der Waals surface area (Å²) < 4.78 is 23.8. The van der Waals surface area contributed by atoms with Gasteiger partial charge in [-0.3, -0.25) is 9.59 Å². The normalized spacial score (nSPS) is 11.2. The van der Waals surface area contributed by atoms with E-state index in [1.807, 2.05) is 0 Å². The summed E-state index contributed by atoms with van der Waals surface area (Å²) in [6.07, 6.45) is -2.06. The Morgan fingerprint density at radius 1 is 1.42 bits per heavy atom. The van der Waals surface area contributed by atoms with Gasteiger partial charge in [0.25, 0.3) is 0 Å². The summed E-state index contributed by atoms with van der Waals surface area (Å²) in [5, 5.41) is 4.65. The van der Waals surface area contributed by atoms with Crippen molar-refractivity contribution in [3.63, 3.8) is 0 Å². The van der Waals surface area contributed by atoms with Crippen molar-refractivity contribution in [3.05, 3.63) is 0 Å². The lowest BCUT2D eigenvalue weighted by atomic mass is 10.2. The molecule has 70 valence electrons. The van der Waals surface area contributed by atoms with Gasteiger partial charge in [-0.15, -0.1) is 0 Å². The van der Waals surface area contributed by atoms with Gasteiger partial charge in [0.2, 0.25) is 0 Å². The van der Waals surface area contributed by atoms with Gasteiger partial charge in [-0.25, -0.2) is 0 Å². The summed E-state index contributed by atoms with van der Waals surface area (Å²) in [6, 6.07) is 0. The molecule has 0 saturated heterocycles. The molecule has 0 aromatic carbocycles. The lowest BCUT2D eigenvalue weighted by Gasteiger charge is -2.04. The van der Waals surface area contributed by atoms with Crippen molar-refractivity contribution in [2.75, 3.05) is 0 Å². The molecule has 3 nitrogen and oxygen atoms in total. The van der Waals surface area contributed by atoms with Gasteiger partial charge in [-0.2, -0.15) is 8.78 Å². The Hall–Kier alpha value is -0.710. The fourth-order valence-electron chi connectivity index (χ4n) is 0.538. The highest BCUT2D eigenvalue weighted by molar-refractivity contribution is 6.21. The summed E-state index contributed by atoms with van der Waals surface area (Å²) in [7, 11) is 0. The summed E-state index contributed by atoms with van der Waals surface area (Å²) in [5.74, 6) is -2.07. The summed E-state index contributed by atoms with van der Waals surface area (Å²) in [5.41, 5.74) is 0. The summed E-state index contributed by atoms with van der Waals surface area (Å²) in [6.45, 7) is 0. The third kappa shape index (κ3) is 7.40. The first-order valence-corrected chi connectivity index (χ1v) is 3.49. The van der Waals surface area contributed by atoms with Gasteiger partial charge in [-0.1, -0.05) is 0 Å². The number of hydrogen-bond acceptors (Lipinski definition) is 2. The van der Waals surface area contributed by atoms with Crippen molar-refractivity contribution < 1.29 is 23.5 Å². The zero-order valence-electron chi connectivity index (χ0n) is 6.02. The molecule has 0 radical (unpaired) electrons. The predicted molar refractivity (Wildman–Crippen MR) is 37.3 cm³/mol. The van der Waals surface area contributed by atoms with Crippen LogP contribution in [0.25, 0.3) is 0 Å². The molecule has 0 aliphatic heterocycles. The van der Waals surface area contributed by atoms with Gasteiger partial charge >= 0.3 is 11.4 Å². The number of ketones is 1. The van der Waals surface area contributed by atoms with Gasteiger partial charge in [0, 0.05) is 12.8 Å². The molecule has 0 unspecified atom stereocenters. The number of rotatable bonds is 5. The smallest absolute Gasteiger partial charge is 0.322 e. The highest BCUT2D eigenvalue weighted by Gasteiger charge is 2.25. The molecule has 0 amide bonds. The number of halogens is 3. The van der Waals surface area contributed by atoms with Crippen LogP contribution in [0.3, 0.4) is 0 Å². The van der Waals surface area contributed by atoms with Crippen LogP contribution >= 0.6 is 11.6 Å². The molecule has 0 aromatic heterocycles. The first kappa shape index (κ1) is 11.3. The summed E-state index contributed by atoms with van der Waals surface area (Å²) in [4.78, 5) is 20.4. The van der Waals surface area contributed by atoms with E-state index in [2.05, 4.69) is 11.6 Å². The fraction of sp³-hybridized carbons (Fsp3) is 0.667. The molecule has 1 N–H and O–H groups in total. The van der Waals surface area contributed by atoms with Crippen molar-refractivity contribution in [1.29, 1.82) is 0 Å². The molecule has 12 heavy (non-hydrogen) atoms. The van der Waals surface area contributed by atoms with Crippen LogP contribution in [0.5, 0.6) is 0 Å². The molecule has 0 rings (SSSR count). The van der Waals surface area contributed by atoms with Crippen LogP contribution < -0.4 is 0 Å². The van der Waals surface area contributed by atoms with E-state index >= 15 is 0 Å². The molecule has 0 heterocycles. The van der Waals surface area contributed by atoms with Crippen molar-refractivity contribution >= 4 is 23.4 Å². The topological polar surface area (TPSA) is 54.4 Å². The molecule has 6 heteroatoms. The van der Waals surface area contributed by atoms with Crippen LogP contribution in [-0.4, -0.2) is 22.2 Å². The quantitative estimate of drug-likeness (QED) is 0.542. The van der Waals surface area contributed by atoms with Gasteiger partial charge in [0.05, 0.1) is 0 Å². The van der Waals surface area contributed by atoms with Crippen molar-refractivity contribution in [3.8, 4) is 0 Å². The molecule has 0 atom stereocenters. The monoisotopic (exact) mass is 200 g/mol. The molecular weight excluding hydrogens is 194 g/mol. The Kier molecular flexibility index (Phi) is 4.09. The molecule has 0 aliphatic carbocycles. The maximum atomic E-state index is 11.9. The van der Waals surface area contributed by atoms with E-state index in [-0.39, 0.29) is 0 Å². The zero-order chi connectivity index (χ0) is 9.78. The van der Waals surface area contributed by atoms with E-state index in [0.29, 0.717) is 0 Å². The van der Waals surface area contributed by atoms with Crippen LogP contribution in [0.15, 0.2) is 0 Å². The third-order valence-electron chi connectivity index (χ3n) is 1.04. The average Bonchev–Trinajstić information content (AvgIpc) is 1.80. The van der Waals surface area contributed by atoms with E-state index in [9.17, 15) is 18.4 Å². The second kappa shape index (κ2) is 4.35. The van der Waals surface area contributed by atoms with Crippen molar-refractivity contribution in [2.45, 2.75) is 24.6 Å². The molecule has 0 spiro atoms. The second-order valence-corrected chi connectivity index (χ2v) is 2.78. The van der Waals surface area contributed by atoms with Crippen LogP contribution in [0.1, 0.15) is 19.3 Å². The van der Waals surface area contributed by atoms with E-state index < -0.39 is 36.4 Å². The van der Waals surface area contributed by atoms with Gasteiger partial charge in [-0.05, 0) is 11.6 Å².